The number of benzene rings is 3. The Morgan fingerprint density at radius 3 is 2.13 bits per heavy atom. The summed E-state index contributed by atoms with van der Waals surface area (Å²) in [5, 5.41) is 8.31. The molecule has 0 spiro atoms. The van der Waals surface area contributed by atoms with Gasteiger partial charge in [0.15, 0.2) is 11.5 Å². The van der Waals surface area contributed by atoms with Gasteiger partial charge >= 0.3 is 0 Å². The number of nitrogens with zero attached hydrogens (tertiary/aromatic N) is 3. The van der Waals surface area contributed by atoms with Crippen LogP contribution in [-0.4, -0.2) is 25.9 Å². The van der Waals surface area contributed by atoms with E-state index in [0.717, 1.165) is 5.56 Å². The van der Waals surface area contributed by atoms with E-state index in [1.807, 2.05) is 78.9 Å². The normalized spacial score (nSPS) is 17.4. The van der Waals surface area contributed by atoms with E-state index in [1.54, 1.807) is 12.1 Å². The Labute approximate surface area is 182 Å². The van der Waals surface area contributed by atoms with Crippen molar-refractivity contribution in [3.05, 3.63) is 112 Å². The van der Waals surface area contributed by atoms with Gasteiger partial charge in [0.2, 0.25) is 5.16 Å². The number of thioether (sulfide) groups is 1. The van der Waals surface area contributed by atoms with E-state index in [1.165, 1.54) is 16.4 Å². The van der Waals surface area contributed by atoms with Crippen LogP contribution in [0.25, 0.3) is 11.3 Å². The van der Waals surface area contributed by atoms with Crippen LogP contribution in [0.1, 0.15) is 22.0 Å². The van der Waals surface area contributed by atoms with Gasteiger partial charge in [0.1, 0.15) is 5.25 Å². The van der Waals surface area contributed by atoms with Crippen LogP contribution in [-0.2, 0) is 0 Å². The molecule has 6 nitrogen and oxygen atoms in total. The highest BCUT2D eigenvalue weighted by molar-refractivity contribution is 8.00. The molecular weight excluding hydrogens is 408 g/mol. The maximum atomic E-state index is 13.4. The minimum absolute atomic E-state index is 0.0282. The standard InChI is InChI=1S/C24H18N4O2S/c29-21(18-14-8-3-9-15-18)22-19(16-10-4-1-5-11-16)27-28-23(30)20(25-26-24(28)31-22)17-12-6-2-7-13-17/h1-15,19,22,27H/t19-,22+/m1/s1. The zero-order valence-electron chi connectivity index (χ0n) is 16.4. The number of rotatable bonds is 4. The fourth-order valence-corrected chi connectivity index (χ4v) is 4.76. The molecule has 0 bridgehead atoms. The molecule has 0 saturated carbocycles. The van der Waals surface area contributed by atoms with Crippen LogP contribution in [0.3, 0.4) is 0 Å². The van der Waals surface area contributed by atoms with Crippen molar-refractivity contribution in [3.63, 3.8) is 0 Å². The zero-order valence-corrected chi connectivity index (χ0v) is 17.2. The first-order valence-corrected chi connectivity index (χ1v) is 10.7. The van der Waals surface area contributed by atoms with E-state index in [2.05, 4.69) is 15.6 Å². The van der Waals surface area contributed by atoms with Crippen LogP contribution >= 0.6 is 11.8 Å². The lowest BCUT2D eigenvalue weighted by Crippen LogP contribution is -2.44. The van der Waals surface area contributed by atoms with Gasteiger partial charge in [0.25, 0.3) is 5.56 Å². The van der Waals surface area contributed by atoms with Crippen molar-refractivity contribution in [2.45, 2.75) is 16.4 Å². The van der Waals surface area contributed by atoms with Crippen molar-refractivity contribution >= 4 is 17.5 Å². The van der Waals surface area contributed by atoms with Gasteiger partial charge in [-0.15, -0.1) is 10.2 Å². The predicted molar refractivity (Wildman–Crippen MR) is 121 cm³/mol. The molecule has 5 rings (SSSR count). The third-order valence-electron chi connectivity index (χ3n) is 5.16. The lowest BCUT2D eigenvalue weighted by atomic mass is 9.97. The molecule has 3 aromatic carbocycles. The zero-order chi connectivity index (χ0) is 21.2. The molecular formula is C24H18N4O2S. The van der Waals surface area contributed by atoms with Crippen LogP contribution in [0.2, 0.25) is 0 Å². The number of fused-ring (bicyclic) bond motifs is 1. The molecule has 0 unspecified atom stereocenters. The Kier molecular flexibility index (Phi) is 5.09. The van der Waals surface area contributed by atoms with Crippen molar-refractivity contribution in [2.75, 3.05) is 5.43 Å². The Bertz CT molecular complexity index is 1280. The number of hydrogen-bond donors (Lipinski definition) is 1. The Morgan fingerprint density at radius 1 is 0.839 bits per heavy atom. The molecule has 0 saturated heterocycles. The first kappa shape index (κ1) is 19.3. The summed E-state index contributed by atoms with van der Waals surface area (Å²) in [4.78, 5) is 26.6. The molecule has 152 valence electrons. The fraction of sp³-hybridized carbons (Fsp3) is 0.0833. The summed E-state index contributed by atoms with van der Waals surface area (Å²) in [6.07, 6.45) is 0. The summed E-state index contributed by atoms with van der Waals surface area (Å²) in [6, 6.07) is 27.7. The molecule has 1 aliphatic heterocycles. The summed E-state index contributed by atoms with van der Waals surface area (Å²) >= 11 is 1.26. The molecule has 4 aromatic rings. The number of carbonyl (C=O) groups excluding carboxylic acids is 1. The van der Waals surface area contributed by atoms with Crippen LogP contribution in [0.15, 0.2) is 101 Å². The van der Waals surface area contributed by atoms with E-state index in [0.29, 0.717) is 16.3 Å². The van der Waals surface area contributed by atoms with E-state index in [4.69, 9.17) is 0 Å². The average Bonchev–Trinajstić information content (AvgIpc) is 2.85. The predicted octanol–water partition coefficient (Wildman–Crippen LogP) is 3.95. The number of hydrogen-bond acceptors (Lipinski definition) is 6. The molecule has 2 heterocycles. The van der Waals surface area contributed by atoms with E-state index in [9.17, 15) is 9.59 Å². The maximum absolute atomic E-state index is 13.4. The van der Waals surface area contributed by atoms with Gasteiger partial charge < -0.3 is 5.43 Å². The minimum Gasteiger partial charge on any atom is -0.312 e. The topological polar surface area (TPSA) is 76.9 Å². The molecule has 7 heteroatoms. The van der Waals surface area contributed by atoms with Gasteiger partial charge in [-0.05, 0) is 5.56 Å². The van der Waals surface area contributed by atoms with Gasteiger partial charge in [-0.25, -0.2) is 0 Å². The highest BCUT2D eigenvalue weighted by Crippen LogP contribution is 2.37. The maximum Gasteiger partial charge on any atom is 0.299 e. The lowest BCUT2D eigenvalue weighted by molar-refractivity contribution is 0.0980. The van der Waals surface area contributed by atoms with Gasteiger partial charge in [0, 0.05) is 11.1 Å². The Morgan fingerprint density at radius 2 is 1.45 bits per heavy atom. The monoisotopic (exact) mass is 426 g/mol. The minimum atomic E-state index is -0.499. The summed E-state index contributed by atoms with van der Waals surface area (Å²) in [5.74, 6) is -0.0282. The summed E-state index contributed by atoms with van der Waals surface area (Å²) < 4.78 is 1.41. The smallest absolute Gasteiger partial charge is 0.299 e. The molecule has 0 fully saturated rings. The van der Waals surface area contributed by atoms with Gasteiger partial charge in [-0.1, -0.05) is 103 Å². The van der Waals surface area contributed by atoms with Gasteiger partial charge in [0.05, 0.1) is 6.04 Å². The van der Waals surface area contributed by atoms with Crippen molar-refractivity contribution in [2.24, 2.45) is 0 Å². The summed E-state index contributed by atoms with van der Waals surface area (Å²) in [6.45, 7) is 0. The third kappa shape index (κ3) is 3.64. The summed E-state index contributed by atoms with van der Waals surface area (Å²) in [7, 11) is 0. The van der Waals surface area contributed by atoms with Crippen molar-refractivity contribution < 1.29 is 4.79 Å². The number of nitrogens with one attached hydrogen (secondary N) is 1. The molecule has 0 radical (unpaired) electrons. The second-order valence-electron chi connectivity index (χ2n) is 7.12. The first-order valence-electron chi connectivity index (χ1n) is 9.85. The SMILES string of the molecule is O=C(c1ccccc1)[C@H]1Sc2nnc(-c3ccccc3)c(=O)n2N[C@@H]1c1ccccc1. The molecule has 2 atom stereocenters. The Balaban J connectivity index is 1.60. The van der Waals surface area contributed by atoms with E-state index in [-0.39, 0.29) is 17.0 Å². The number of carbonyl (C=O) groups is 1. The highest BCUT2D eigenvalue weighted by Gasteiger charge is 2.37. The summed E-state index contributed by atoms with van der Waals surface area (Å²) in [5.41, 5.74) is 5.45. The van der Waals surface area contributed by atoms with Crippen molar-refractivity contribution in [3.8, 4) is 11.3 Å². The quantitative estimate of drug-likeness (QED) is 0.498. The molecule has 1 aliphatic rings. The second-order valence-corrected chi connectivity index (χ2v) is 8.23. The Hall–Kier alpha value is -3.71. The number of Topliss-reactive ketones (excluding diaryl/α,β-unsaturated/α-hetero) is 1. The van der Waals surface area contributed by atoms with Crippen LogP contribution in [0.4, 0.5) is 0 Å². The average molecular weight is 427 g/mol. The largest absolute Gasteiger partial charge is 0.312 e. The molecule has 1 N–H and O–H groups in total. The molecule has 0 amide bonds. The third-order valence-corrected chi connectivity index (χ3v) is 6.37. The lowest BCUT2D eigenvalue weighted by Gasteiger charge is -2.33. The van der Waals surface area contributed by atoms with Gasteiger partial charge in [-0.2, -0.15) is 4.68 Å². The van der Waals surface area contributed by atoms with Crippen LogP contribution < -0.4 is 11.0 Å². The number of aromatic nitrogens is 3. The van der Waals surface area contributed by atoms with Gasteiger partial charge in [-0.3, -0.25) is 9.59 Å². The molecule has 31 heavy (non-hydrogen) atoms. The highest BCUT2D eigenvalue weighted by atomic mass is 32.2. The van der Waals surface area contributed by atoms with Crippen molar-refractivity contribution in [1.82, 2.24) is 14.9 Å². The van der Waals surface area contributed by atoms with E-state index < -0.39 is 11.3 Å². The second kappa shape index (κ2) is 8.20. The van der Waals surface area contributed by atoms with Crippen LogP contribution in [0, 0.1) is 0 Å². The van der Waals surface area contributed by atoms with E-state index >= 15 is 0 Å². The fourth-order valence-electron chi connectivity index (χ4n) is 3.61. The molecule has 1 aromatic heterocycles. The number of ketones is 1. The van der Waals surface area contributed by atoms with Crippen LogP contribution in [0.5, 0.6) is 0 Å². The first-order chi connectivity index (χ1) is 15.2. The molecule has 0 aliphatic carbocycles. The van der Waals surface area contributed by atoms with Crippen molar-refractivity contribution in [1.29, 1.82) is 0 Å².